The third kappa shape index (κ3) is 4.10. The van der Waals surface area contributed by atoms with E-state index < -0.39 is 8.32 Å². The quantitative estimate of drug-likeness (QED) is 0.294. The molecule has 0 fully saturated rings. The average Bonchev–Trinajstić information content (AvgIpc) is 2.65. The van der Waals surface area contributed by atoms with Gasteiger partial charge in [-0.25, -0.2) is 4.99 Å². The fourth-order valence-electron chi connectivity index (χ4n) is 1.71. The molecule has 0 aliphatic carbocycles. The summed E-state index contributed by atoms with van der Waals surface area (Å²) in [5.41, 5.74) is -0.507. The lowest BCUT2D eigenvalue weighted by atomic mass is 10.1. The first-order valence-corrected chi connectivity index (χ1v) is 12.9. The molecule has 20 heavy (non-hydrogen) atoms. The number of hydrogen-bond acceptors (Lipinski definition) is 3. The van der Waals surface area contributed by atoms with Gasteiger partial charge in [0.05, 0.1) is 5.54 Å². The van der Waals surface area contributed by atoms with Crippen LogP contribution in [0.1, 0.15) is 34.6 Å². The first-order chi connectivity index (χ1) is 8.89. The second kappa shape index (κ2) is 6.31. The molecule has 1 aliphatic heterocycles. The highest BCUT2D eigenvalue weighted by Gasteiger charge is 2.49. The molecule has 0 N–H and O–H groups in total. The monoisotopic (exact) mass is 523 g/mol. The Hall–Kier alpha value is 1.11. The number of aliphatic imine (C=N–C) groups is 1. The zero-order valence-corrected chi connectivity index (χ0v) is 19.0. The molecule has 3 nitrogen and oxygen atoms in total. The van der Waals surface area contributed by atoms with E-state index >= 15 is 0 Å². The minimum absolute atomic E-state index is 0.130. The Morgan fingerprint density at radius 3 is 2.05 bits per heavy atom. The van der Waals surface area contributed by atoms with Crippen LogP contribution in [0.5, 0.6) is 0 Å². The van der Waals surface area contributed by atoms with Crippen molar-refractivity contribution in [2.45, 2.75) is 63.9 Å². The van der Waals surface area contributed by atoms with Gasteiger partial charge in [0.2, 0.25) is 5.90 Å². The first kappa shape index (κ1) is 19.2. The van der Waals surface area contributed by atoms with Gasteiger partial charge in [-0.05, 0) is 32.0 Å². The van der Waals surface area contributed by atoms with E-state index in [0.717, 1.165) is 14.8 Å². The molecule has 6 heteroatoms. The van der Waals surface area contributed by atoms with E-state index in [1.54, 1.807) is 0 Å². The van der Waals surface area contributed by atoms with Crippen LogP contribution in [-0.4, -0.2) is 40.8 Å². The van der Waals surface area contributed by atoms with E-state index in [1.807, 2.05) is 0 Å². The maximum absolute atomic E-state index is 6.73. The van der Waals surface area contributed by atoms with Crippen LogP contribution >= 0.6 is 45.2 Å². The normalized spacial score (nSPS) is 19.8. The van der Waals surface area contributed by atoms with Gasteiger partial charge < -0.3 is 9.16 Å². The minimum Gasteiger partial charge on any atom is -0.476 e. The molecule has 1 rings (SSSR count). The first-order valence-electron chi connectivity index (χ1n) is 6.94. The number of halogens is 2. The van der Waals surface area contributed by atoms with Gasteiger partial charge in [-0.1, -0.05) is 66.0 Å². The van der Waals surface area contributed by atoms with E-state index in [-0.39, 0.29) is 16.2 Å². The van der Waals surface area contributed by atoms with E-state index in [2.05, 4.69) is 92.9 Å². The van der Waals surface area contributed by atoms with Crippen LogP contribution in [0.15, 0.2) is 4.99 Å². The van der Waals surface area contributed by atoms with Crippen molar-refractivity contribution in [1.29, 1.82) is 0 Å². The molecule has 0 aromatic rings. The number of ether oxygens (including phenoxy) is 1. The van der Waals surface area contributed by atoms with Crippen LogP contribution in [0.3, 0.4) is 0 Å². The van der Waals surface area contributed by atoms with E-state index in [0.29, 0.717) is 6.61 Å². The van der Waals surface area contributed by atoms with Crippen molar-refractivity contribution < 1.29 is 9.16 Å². The van der Waals surface area contributed by atoms with Crippen LogP contribution in [0, 0.1) is 0 Å². The highest BCUT2D eigenvalue weighted by Crippen LogP contribution is 2.41. The predicted molar refractivity (Wildman–Crippen MR) is 106 cm³/mol. The van der Waals surface area contributed by atoms with Gasteiger partial charge in [-0.2, -0.15) is 0 Å². The van der Waals surface area contributed by atoms with Gasteiger partial charge in [0.1, 0.15) is 12.2 Å². The molecular formula is C14H27I2NO2Si. The Morgan fingerprint density at radius 2 is 1.75 bits per heavy atom. The third-order valence-electron chi connectivity index (χ3n) is 4.04. The van der Waals surface area contributed by atoms with E-state index in [1.165, 1.54) is 0 Å². The largest absolute Gasteiger partial charge is 0.476 e. The topological polar surface area (TPSA) is 30.8 Å². The number of hydrogen-bond donors (Lipinski definition) is 0. The molecular weight excluding hydrogens is 496 g/mol. The molecule has 0 saturated heterocycles. The van der Waals surface area contributed by atoms with Crippen LogP contribution in [0.4, 0.5) is 0 Å². The zero-order chi connectivity index (χ0) is 15.8. The smallest absolute Gasteiger partial charge is 0.217 e. The van der Waals surface area contributed by atoms with Crippen LogP contribution < -0.4 is 0 Å². The van der Waals surface area contributed by atoms with Gasteiger partial charge in [0.25, 0.3) is 0 Å². The van der Waals surface area contributed by atoms with Crippen LogP contribution in [0.2, 0.25) is 18.1 Å². The highest BCUT2D eigenvalue weighted by molar-refractivity contribution is 14.1. The van der Waals surface area contributed by atoms with E-state index in [9.17, 15) is 0 Å². The summed E-state index contributed by atoms with van der Waals surface area (Å²) in [7, 11) is -1.87. The summed E-state index contributed by atoms with van der Waals surface area (Å²) in [5, 5.41) is 0.185. The molecule has 0 radical (unpaired) electrons. The molecule has 0 aromatic carbocycles. The summed E-state index contributed by atoms with van der Waals surface area (Å²) in [6, 6.07) is 0. The molecule has 0 aromatic heterocycles. The molecule has 0 spiro atoms. The molecule has 0 unspecified atom stereocenters. The SMILES string of the molecule is CC1(C)COC(C(CI)(CI)O[Si](C)(C)C(C)(C)C)=N1. The van der Waals surface area contributed by atoms with Gasteiger partial charge in [0, 0.05) is 8.86 Å². The fourth-order valence-corrected chi connectivity index (χ4v) is 6.35. The fraction of sp³-hybridized carbons (Fsp3) is 0.929. The average molecular weight is 523 g/mol. The molecule has 0 amide bonds. The van der Waals surface area contributed by atoms with Crippen LogP contribution in [-0.2, 0) is 9.16 Å². The van der Waals surface area contributed by atoms with Crippen molar-refractivity contribution >= 4 is 59.4 Å². The summed E-state index contributed by atoms with van der Waals surface area (Å²) < 4.78 is 14.4. The summed E-state index contributed by atoms with van der Waals surface area (Å²) in [6.07, 6.45) is 0. The molecule has 1 aliphatic rings. The minimum atomic E-state index is -1.87. The van der Waals surface area contributed by atoms with Crippen molar-refractivity contribution in [2.24, 2.45) is 4.99 Å². The summed E-state index contributed by atoms with van der Waals surface area (Å²) in [5.74, 6) is 0.802. The molecule has 118 valence electrons. The Kier molecular flexibility index (Phi) is 6.04. The summed E-state index contributed by atoms with van der Waals surface area (Å²) in [6.45, 7) is 16.3. The maximum Gasteiger partial charge on any atom is 0.217 e. The number of nitrogens with zero attached hydrogens (tertiary/aromatic N) is 1. The second-order valence-corrected chi connectivity index (χ2v) is 13.9. The number of alkyl halides is 2. The Labute approximate surface area is 152 Å². The summed E-state index contributed by atoms with van der Waals surface area (Å²) in [4.78, 5) is 4.78. The van der Waals surface area contributed by atoms with Crippen molar-refractivity contribution in [3.8, 4) is 0 Å². The molecule has 0 atom stereocenters. The van der Waals surface area contributed by atoms with Crippen molar-refractivity contribution in [2.75, 3.05) is 15.5 Å². The predicted octanol–water partition coefficient (Wildman–Crippen LogP) is 4.82. The maximum atomic E-state index is 6.73. The molecule has 0 bridgehead atoms. The van der Waals surface area contributed by atoms with Crippen molar-refractivity contribution in [3.05, 3.63) is 0 Å². The number of rotatable bonds is 5. The van der Waals surface area contributed by atoms with E-state index in [4.69, 9.17) is 14.2 Å². The lowest BCUT2D eigenvalue weighted by molar-refractivity contribution is 0.140. The Morgan fingerprint density at radius 1 is 1.25 bits per heavy atom. The lowest BCUT2D eigenvalue weighted by Crippen LogP contribution is -2.56. The second-order valence-electron chi connectivity index (χ2n) is 7.64. The van der Waals surface area contributed by atoms with Gasteiger partial charge >= 0.3 is 0 Å². The van der Waals surface area contributed by atoms with Gasteiger partial charge in [-0.3, -0.25) is 0 Å². The Bertz CT molecular complexity index is 385. The van der Waals surface area contributed by atoms with Gasteiger partial charge in [-0.15, -0.1) is 0 Å². The van der Waals surface area contributed by atoms with Crippen molar-refractivity contribution in [1.82, 2.24) is 0 Å². The summed E-state index contributed by atoms with van der Waals surface area (Å²) >= 11 is 4.81. The molecule has 0 saturated carbocycles. The molecule has 1 heterocycles. The lowest BCUT2D eigenvalue weighted by Gasteiger charge is -2.43. The standard InChI is InChI=1S/C14H27I2NO2Si/c1-12(2,3)20(6,7)19-14(8-15,9-16)11-17-13(4,5)10-18-11/h8-10H2,1-7H3. The third-order valence-corrected chi connectivity index (χ3v) is 11.0. The van der Waals surface area contributed by atoms with Crippen molar-refractivity contribution in [3.63, 3.8) is 0 Å². The van der Waals surface area contributed by atoms with Gasteiger partial charge in [0.15, 0.2) is 8.32 Å². The zero-order valence-electron chi connectivity index (χ0n) is 13.6. The highest BCUT2D eigenvalue weighted by atomic mass is 127. The Balaban J connectivity index is 3.12. The van der Waals surface area contributed by atoms with Crippen LogP contribution in [0.25, 0.3) is 0 Å².